The summed E-state index contributed by atoms with van der Waals surface area (Å²) in [4.78, 5) is 2.34. The van der Waals surface area contributed by atoms with Gasteiger partial charge in [-0.1, -0.05) is 13.0 Å². The molecule has 3 rings (SSSR count). The molecule has 30 heavy (non-hydrogen) atoms. The molecule has 0 saturated carbocycles. The first-order chi connectivity index (χ1) is 14.5. The lowest BCUT2D eigenvalue weighted by Crippen LogP contribution is -2.39. The molecule has 0 fully saturated rings. The summed E-state index contributed by atoms with van der Waals surface area (Å²) in [5, 5.41) is 11.6. The Bertz CT molecular complexity index is 888. The molecule has 2 atom stereocenters. The van der Waals surface area contributed by atoms with E-state index in [1.165, 1.54) is 5.56 Å². The van der Waals surface area contributed by atoms with Crippen molar-refractivity contribution in [3.8, 4) is 23.0 Å². The van der Waals surface area contributed by atoms with Crippen molar-refractivity contribution in [3.05, 3.63) is 45.4 Å². The summed E-state index contributed by atoms with van der Waals surface area (Å²) in [6.45, 7) is 3.91. The van der Waals surface area contributed by atoms with Crippen LogP contribution in [0.25, 0.3) is 0 Å². The molecule has 1 heterocycles. The van der Waals surface area contributed by atoms with E-state index >= 15 is 0 Å². The number of methoxy groups -OCH3 is 4. The molecule has 2 aromatic carbocycles. The molecule has 6 nitrogen and oxygen atoms in total. The highest BCUT2D eigenvalue weighted by Crippen LogP contribution is 2.47. The molecular weight excluding hydrogens is 450 g/mol. The molecule has 0 aliphatic carbocycles. The number of aliphatic hydroxyl groups is 1. The Labute approximate surface area is 186 Å². The highest BCUT2D eigenvalue weighted by Gasteiger charge is 2.36. The summed E-state index contributed by atoms with van der Waals surface area (Å²) in [7, 11) is 6.46. The summed E-state index contributed by atoms with van der Waals surface area (Å²) in [6, 6.07) is 7.52. The van der Waals surface area contributed by atoms with Gasteiger partial charge in [0.1, 0.15) is 0 Å². The van der Waals surface area contributed by atoms with Gasteiger partial charge < -0.3 is 24.1 Å². The first-order valence-corrected chi connectivity index (χ1v) is 10.9. The van der Waals surface area contributed by atoms with Crippen LogP contribution in [-0.4, -0.2) is 51.5 Å². The van der Waals surface area contributed by atoms with Crippen molar-refractivity contribution in [1.82, 2.24) is 4.90 Å². The number of rotatable bonds is 8. The number of ether oxygens (including phenoxy) is 4. The van der Waals surface area contributed by atoms with Gasteiger partial charge in [-0.05, 0) is 64.6 Å². The zero-order valence-corrected chi connectivity index (χ0v) is 19.8. The molecule has 0 unspecified atom stereocenters. The van der Waals surface area contributed by atoms with Crippen molar-refractivity contribution in [3.63, 3.8) is 0 Å². The lowest BCUT2D eigenvalue weighted by molar-refractivity contribution is 0.0397. The van der Waals surface area contributed by atoms with E-state index in [0.29, 0.717) is 27.5 Å². The number of hydrogen-bond acceptors (Lipinski definition) is 6. The molecule has 1 N–H and O–H groups in total. The highest BCUT2D eigenvalue weighted by molar-refractivity contribution is 9.10. The summed E-state index contributed by atoms with van der Waals surface area (Å²) in [6.07, 6.45) is 1.12. The number of hydrogen-bond donors (Lipinski definition) is 1. The molecule has 0 amide bonds. The van der Waals surface area contributed by atoms with Crippen LogP contribution in [0.3, 0.4) is 0 Å². The van der Waals surface area contributed by atoms with Crippen LogP contribution < -0.4 is 18.9 Å². The maximum absolute atomic E-state index is 11.6. The lowest BCUT2D eigenvalue weighted by Gasteiger charge is -2.40. The molecular formula is C23H30BrNO5. The van der Waals surface area contributed by atoms with E-state index in [0.717, 1.165) is 37.1 Å². The van der Waals surface area contributed by atoms with E-state index in [4.69, 9.17) is 18.9 Å². The van der Waals surface area contributed by atoms with Crippen molar-refractivity contribution in [2.45, 2.75) is 31.9 Å². The van der Waals surface area contributed by atoms with Crippen LogP contribution in [0, 0.1) is 0 Å². The lowest BCUT2D eigenvalue weighted by atomic mass is 9.86. The molecule has 7 heteroatoms. The Morgan fingerprint density at radius 1 is 1.03 bits per heavy atom. The van der Waals surface area contributed by atoms with Crippen molar-refractivity contribution in [1.29, 1.82) is 0 Å². The highest BCUT2D eigenvalue weighted by atomic mass is 79.9. The third-order valence-electron chi connectivity index (χ3n) is 5.67. The number of halogens is 1. The van der Waals surface area contributed by atoms with Crippen LogP contribution in [0.1, 0.15) is 42.2 Å². The Balaban J connectivity index is 2.12. The predicted octanol–water partition coefficient (Wildman–Crippen LogP) is 4.53. The topological polar surface area (TPSA) is 60.4 Å². The SMILES string of the molecule is CCCN1CCc2cc(OC)c(OC)cc2[C@@H]1[C@H](O)c1ccc(OC)c(OC)c1Br. The standard InChI is InChI=1S/C23H30BrNO5/c1-6-10-25-11-9-14-12-18(28-3)19(29-4)13-16(14)21(25)22(26)15-7-8-17(27-2)23(30-5)20(15)24/h7-8,12-13,21-22,26H,6,9-11H2,1-5H3/t21-,22-/m1/s1. The number of aliphatic hydroxyl groups excluding tert-OH is 1. The number of nitrogens with zero attached hydrogens (tertiary/aromatic N) is 1. The molecule has 2 aromatic rings. The van der Waals surface area contributed by atoms with Crippen LogP contribution >= 0.6 is 15.9 Å². The van der Waals surface area contributed by atoms with E-state index in [1.807, 2.05) is 24.3 Å². The van der Waals surface area contributed by atoms with Crippen molar-refractivity contribution in [2.24, 2.45) is 0 Å². The summed E-state index contributed by atoms with van der Waals surface area (Å²) in [5.41, 5.74) is 2.98. The van der Waals surface area contributed by atoms with Crippen LogP contribution in [0.15, 0.2) is 28.7 Å². The average Bonchev–Trinajstić information content (AvgIpc) is 2.77. The summed E-state index contributed by atoms with van der Waals surface area (Å²) < 4.78 is 22.7. The average molecular weight is 480 g/mol. The third kappa shape index (κ3) is 4.11. The van der Waals surface area contributed by atoms with Gasteiger partial charge >= 0.3 is 0 Å². The van der Waals surface area contributed by atoms with Gasteiger partial charge in [-0.15, -0.1) is 0 Å². The third-order valence-corrected chi connectivity index (χ3v) is 6.49. The van der Waals surface area contributed by atoms with Crippen LogP contribution in [0.4, 0.5) is 0 Å². The molecule has 1 aliphatic heterocycles. The normalized spacial score (nSPS) is 17.2. The Morgan fingerprint density at radius 2 is 1.70 bits per heavy atom. The minimum absolute atomic E-state index is 0.220. The number of fused-ring (bicyclic) bond motifs is 1. The fourth-order valence-electron chi connectivity index (χ4n) is 4.24. The molecule has 0 spiro atoms. The van der Waals surface area contributed by atoms with Gasteiger partial charge in [-0.2, -0.15) is 0 Å². The molecule has 0 bridgehead atoms. The maximum atomic E-state index is 11.6. The molecule has 0 radical (unpaired) electrons. The van der Waals surface area contributed by atoms with Crippen molar-refractivity contribution >= 4 is 15.9 Å². The van der Waals surface area contributed by atoms with Gasteiger partial charge in [0.25, 0.3) is 0 Å². The quantitative estimate of drug-likeness (QED) is 0.600. The van der Waals surface area contributed by atoms with E-state index < -0.39 is 6.10 Å². The maximum Gasteiger partial charge on any atom is 0.175 e. The second-order valence-corrected chi connectivity index (χ2v) is 8.08. The van der Waals surface area contributed by atoms with Crippen LogP contribution in [0.5, 0.6) is 23.0 Å². The first-order valence-electron chi connectivity index (χ1n) is 10.1. The van der Waals surface area contributed by atoms with Crippen LogP contribution in [-0.2, 0) is 6.42 Å². The molecule has 0 saturated heterocycles. The second kappa shape index (κ2) is 9.90. The fourth-order valence-corrected chi connectivity index (χ4v) is 4.96. The fraction of sp³-hybridized carbons (Fsp3) is 0.478. The smallest absolute Gasteiger partial charge is 0.175 e. The van der Waals surface area contributed by atoms with Gasteiger partial charge in [0.2, 0.25) is 0 Å². The van der Waals surface area contributed by atoms with E-state index in [2.05, 4.69) is 27.8 Å². The summed E-state index contributed by atoms with van der Waals surface area (Å²) >= 11 is 3.62. The predicted molar refractivity (Wildman–Crippen MR) is 120 cm³/mol. The van der Waals surface area contributed by atoms with Crippen molar-refractivity contribution in [2.75, 3.05) is 41.5 Å². The minimum Gasteiger partial charge on any atom is -0.493 e. The van der Waals surface area contributed by atoms with Gasteiger partial charge in [-0.3, -0.25) is 4.90 Å². The van der Waals surface area contributed by atoms with E-state index in [-0.39, 0.29) is 6.04 Å². The van der Waals surface area contributed by atoms with Crippen LogP contribution in [0.2, 0.25) is 0 Å². The number of benzene rings is 2. The Hall–Kier alpha value is -1.96. The monoisotopic (exact) mass is 479 g/mol. The Kier molecular flexibility index (Phi) is 7.50. The van der Waals surface area contributed by atoms with E-state index in [1.54, 1.807) is 28.4 Å². The van der Waals surface area contributed by atoms with Crippen molar-refractivity contribution < 1.29 is 24.1 Å². The molecule has 1 aliphatic rings. The van der Waals surface area contributed by atoms with Gasteiger partial charge in [-0.25, -0.2) is 0 Å². The minimum atomic E-state index is -0.775. The second-order valence-electron chi connectivity index (χ2n) is 7.29. The largest absolute Gasteiger partial charge is 0.493 e. The molecule has 164 valence electrons. The zero-order chi connectivity index (χ0) is 21.8. The van der Waals surface area contributed by atoms with Gasteiger partial charge in [0.15, 0.2) is 23.0 Å². The van der Waals surface area contributed by atoms with Gasteiger partial charge in [0, 0.05) is 12.1 Å². The zero-order valence-electron chi connectivity index (χ0n) is 18.2. The van der Waals surface area contributed by atoms with Gasteiger partial charge in [0.05, 0.1) is 45.1 Å². The molecule has 0 aromatic heterocycles. The van der Waals surface area contributed by atoms with E-state index in [9.17, 15) is 5.11 Å². The first kappa shape index (κ1) is 22.7. The summed E-state index contributed by atoms with van der Waals surface area (Å²) in [5.74, 6) is 2.56. The Morgan fingerprint density at radius 3 is 2.30 bits per heavy atom.